The van der Waals surface area contributed by atoms with Crippen molar-refractivity contribution in [2.75, 3.05) is 16.6 Å². The molecule has 1 aromatic heterocycles. The van der Waals surface area contributed by atoms with E-state index in [9.17, 15) is 28.5 Å². The van der Waals surface area contributed by atoms with Gasteiger partial charge in [-0.1, -0.05) is 0 Å². The third kappa shape index (κ3) is 5.94. The molecule has 1 fully saturated rings. The summed E-state index contributed by atoms with van der Waals surface area (Å²) in [6.45, 7) is 4.09. The lowest BCUT2D eigenvalue weighted by atomic mass is 9.96. The molecule has 0 radical (unpaired) electrons. The number of aliphatic hydroxyl groups is 3. The fraction of sp³-hybridized carbons (Fsp3) is 0.450. The van der Waals surface area contributed by atoms with Gasteiger partial charge in [0, 0.05) is 24.4 Å². The molecule has 0 bridgehead atoms. The van der Waals surface area contributed by atoms with Gasteiger partial charge in [-0.05, 0) is 38.1 Å². The van der Waals surface area contributed by atoms with Crippen LogP contribution in [0.5, 0.6) is 0 Å². The van der Waals surface area contributed by atoms with Crippen molar-refractivity contribution in [1.29, 1.82) is 0 Å². The van der Waals surface area contributed by atoms with Gasteiger partial charge < -0.3 is 30.7 Å². The fourth-order valence-corrected chi connectivity index (χ4v) is 4.49. The Morgan fingerprint density at radius 2 is 1.79 bits per heavy atom. The van der Waals surface area contributed by atoms with Crippen LogP contribution in [0.25, 0.3) is 0 Å². The van der Waals surface area contributed by atoms with Crippen molar-refractivity contribution < 1.29 is 33.3 Å². The largest absolute Gasteiger partial charge is 0.394 e. The molecule has 33 heavy (non-hydrogen) atoms. The van der Waals surface area contributed by atoms with Gasteiger partial charge in [-0.15, -0.1) is 0 Å². The zero-order valence-electron chi connectivity index (χ0n) is 18.3. The van der Waals surface area contributed by atoms with Gasteiger partial charge in [-0.2, -0.15) is 0 Å². The summed E-state index contributed by atoms with van der Waals surface area (Å²) in [4.78, 5) is 19.7. The van der Waals surface area contributed by atoms with Gasteiger partial charge in [0.15, 0.2) is 6.23 Å². The highest BCUT2D eigenvalue weighted by Gasteiger charge is 2.44. The summed E-state index contributed by atoms with van der Waals surface area (Å²) in [6.07, 6.45) is -4.89. The normalized spacial score (nSPS) is 25.3. The molecule has 2 heterocycles. The van der Waals surface area contributed by atoms with Gasteiger partial charge in [0.2, 0.25) is 5.91 Å². The van der Waals surface area contributed by atoms with Crippen molar-refractivity contribution >= 4 is 27.4 Å². The summed E-state index contributed by atoms with van der Waals surface area (Å²) >= 11 is 0. The molecule has 1 aliphatic heterocycles. The number of nitrogens with one attached hydrogen (secondary N) is 3. The minimum atomic E-state index is -3.91. The van der Waals surface area contributed by atoms with Crippen LogP contribution in [0.15, 0.2) is 35.2 Å². The number of rotatable bonds is 7. The van der Waals surface area contributed by atoms with E-state index in [4.69, 9.17) is 4.74 Å². The summed E-state index contributed by atoms with van der Waals surface area (Å²) in [7, 11) is -3.91. The number of hydrogen-bond donors (Lipinski definition) is 6. The molecule has 180 valence electrons. The molecule has 0 unspecified atom stereocenters. The van der Waals surface area contributed by atoms with E-state index in [0.29, 0.717) is 17.2 Å². The molecule has 5 atom stereocenters. The monoisotopic (exact) mass is 481 g/mol. The predicted octanol–water partition coefficient (Wildman–Crippen LogP) is -0.750. The number of ether oxygens (including phenoxy) is 1. The molecule has 1 aliphatic rings. The Hall–Kier alpha value is -2.84. The van der Waals surface area contributed by atoms with E-state index >= 15 is 0 Å². The number of nitrogens with zero attached hydrogens (tertiary/aromatic N) is 2. The lowest BCUT2D eigenvalue weighted by molar-refractivity contribution is -0.188. The highest BCUT2D eigenvalue weighted by Crippen LogP contribution is 2.24. The number of carbonyl (C=O) groups excluding carboxylic acids is 1. The molecular formula is C20H27N5O7S. The average molecular weight is 482 g/mol. The first-order chi connectivity index (χ1) is 15.5. The number of hydrogen-bond acceptors (Lipinski definition) is 10. The summed E-state index contributed by atoms with van der Waals surface area (Å²) < 4.78 is 33.4. The third-order valence-electron chi connectivity index (χ3n) is 4.97. The van der Waals surface area contributed by atoms with E-state index in [-0.39, 0.29) is 10.7 Å². The number of benzene rings is 1. The first-order valence-corrected chi connectivity index (χ1v) is 11.6. The summed E-state index contributed by atoms with van der Waals surface area (Å²) in [6, 6.07) is 6.16. The number of aryl methyl sites for hydroxylation is 2. The Labute approximate surface area is 191 Å². The minimum absolute atomic E-state index is 0.0198. The predicted molar refractivity (Wildman–Crippen MR) is 118 cm³/mol. The van der Waals surface area contributed by atoms with Gasteiger partial charge in [0.05, 0.1) is 11.5 Å². The number of aromatic nitrogens is 2. The topological polar surface area (TPSA) is 183 Å². The van der Waals surface area contributed by atoms with Crippen LogP contribution in [0.1, 0.15) is 18.4 Å². The quantitative estimate of drug-likeness (QED) is 0.294. The maximum Gasteiger partial charge on any atom is 0.263 e. The number of sulfonamides is 1. The second-order valence-electron chi connectivity index (χ2n) is 7.70. The maximum absolute atomic E-state index is 12.7. The molecule has 2 aromatic rings. The standard InChI is InChI=1S/C20H27N5O7S/c1-10-8-16(22-11(2)21-10)25-33(30,31)14-6-4-13(5-7-14)24-20-17(23-12(3)27)19(29)18(28)15(9-26)32-20/h4-8,15,17-20,24,26,28-29H,9H2,1-3H3,(H,23,27)(H,21,22,25)/t15-,17-,18+,19-,20-/m0/s1. The first-order valence-electron chi connectivity index (χ1n) is 10.1. The molecule has 0 aliphatic carbocycles. The summed E-state index contributed by atoms with van der Waals surface area (Å²) in [5, 5.41) is 35.3. The van der Waals surface area contributed by atoms with Crippen LogP contribution in [-0.4, -0.2) is 76.8 Å². The van der Waals surface area contributed by atoms with E-state index in [1.807, 2.05) is 0 Å². The van der Waals surface area contributed by atoms with Crippen LogP contribution in [0, 0.1) is 13.8 Å². The second kappa shape index (κ2) is 9.97. The van der Waals surface area contributed by atoms with Gasteiger partial charge in [0.1, 0.15) is 36.0 Å². The van der Waals surface area contributed by atoms with E-state index in [1.165, 1.54) is 37.3 Å². The number of anilines is 2. The lowest BCUT2D eigenvalue weighted by Crippen LogP contribution is -2.65. The Morgan fingerprint density at radius 1 is 1.12 bits per heavy atom. The van der Waals surface area contributed by atoms with Gasteiger partial charge in [0.25, 0.3) is 10.0 Å². The number of aliphatic hydroxyl groups excluding tert-OH is 3. The highest BCUT2D eigenvalue weighted by molar-refractivity contribution is 7.92. The molecule has 1 amide bonds. The second-order valence-corrected chi connectivity index (χ2v) is 9.38. The van der Waals surface area contributed by atoms with Crippen LogP contribution < -0.4 is 15.4 Å². The van der Waals surface area contributed by atoms with Crippen molar-refractivity contribution in [3.05, 3.63) is 41.9 Å². The van der Waals surface area contributed by atoms with Gasteiger partial charge >= 0.3 is 0 Å². The number of amides is 1. The SMILES string of the molecule is CC(=O)N[C@H]1[C@H](O)[C@H](O)[C@H](CO)O[C@@H]1Nc1ccc(S(=O)(=O)Nc2cc(C)nc(C)n2)cc1. The highest BCUT2D eigenvalue weighted by atomic mass is 32.2. The van der Waals surface area contributed by atoms with Crippen LogP contribution in [0.4, 0.5) is 11.5 Å². The van der Waals surface area contributed by atoms with E-state index < -0.39 is 53.1 Å². The van der Waals surface area contributed by atoms with Crippen molar-refractivity contribution in [2.45, 2.75) is 56.2 Å². The Morgan fingerprint density at radius 3 is 2.36 bits per heavy atom. The molecule has 0 saturated carbocycles. The Bertz CT molecular complexity index is 1080. The lowest BCUT2D eigenvalue weighted by Gasteiger charge is -2.43. The molecule has 6 N–H and O–H groups in total. The van der Waals surface area contributed by atoms with Crippen molar-refractivity contribution in [3.8, 4) is 0 Å². The van der Waals surface area contributed by atoms with Crippen molar-refractivity contribution in [2.24, 2.45) is 0 Å². The zero-order chi connectivity index (χ0) is 24.3. The third-order valence-corrected chi connectivity index (χ3v) is 6.35. The van der Waals surface area contributed by atoms with Crippen LogP contribution >= 0.6 is 0 Å². The molecular weight excluding hydrogens is 454 g/mol. The molecule has 13 heteroatoms. The van der Waals surface area contributed by atoms with Crippen LogP contribution in [0.3, 0.4) is 0 Å². The van der Waals surface area contributed by atoms with E-state index in [0.717, 1.165) is 0 Å². The van der Waals surface area contributed by atoms with E-state index in [1.54, 1.807) is 13.8 Å². The summed E-state index contributed by atoms with van der Waals surface area (Å²) in [5.74, 6) is 0.132. The molecule has 1 saturated heterocycles. The van der Waals surface area contributed by atoms with Crippen molar-refractivity contribution in [1.82, 2.24) is 15.3 Å². The molecule has 1 aromatic carbocycles. The Balaban J connectivity index is 1.77. The van der Waals surface area contributed by atoms with Crippen LogP contribution in [-0.2, 0) is 19.6 Å². The van der Waals surface area contributed by atoms with E-state index in [2.05, 4.69) is 25.3 Å². The molecule has 12 nitrogen and oxygen atoms in total. The maximum atomic E-state index is 12.7. The molecule has 0 spiro atoms. The van der Waals surface area contributed by atoms with Crippen LogP contribution in [0.2, 0.25) is 0 Å². The first kappa shape index (κ1) is 24.8. The number of carbonyl (C=O) groups is 1. The summed E-state index contributed by atoms with van der Waals surface area (Å²) in [5.41, 5.74) is 1.04. The van der Waals surface area contributed by atoms with Gasteiger partial charge in [-0.3, -0.25) is 9.52 Å². The smallest absolute Gasteiger partial charge is 0.263 e. The minimum Gasteiger partial charge on any atom is -0.394 e. The van der Waals surface area contributed by atoms with Crippen molar-refractivity contribution in [3.63, 3.8) is 0 Å². The van der Waals surface area contributed by atoms with Gasteiger partial charge in [-0.25, -0.2) is 18.4 Å². The fourth-order valence-electron chi connectivity index (χ4n) is 3.50. The molecule has 3 rings (SSSR count). The average Bonchev–Trinajstić information content (AvgIpc) is 2.72. The Kier molecular flexibility index (Phi) is 7.49. The zero-order valence-corrected chi connectivity index (χ0v) is 19.1.